The summed E-state index contributed by atoms with van der Waals surface area (Å²) in [7, 11) is 0. The number of rotatable bonds is 3. The second kappa shape index (κ2) is 4.23. The van der Waals surface area contributed by atoms with Gasteiger partial charge in [-0.2, -0.15) is 0 Å². The first-order valence-electron chi connectivity index (χ1n) is 4.72. The maximum Gasteiger partial charge on any atom is 0.123 e. The minimum Gasteiger partial charge on any atom is -0.336 e. The number of aromatic nitrogens is 2. The molecule has 0 aliphatic carbocycles. The van der Waals surface area contributed by atoms with E-state index in [0.717, 1.165) is 5.56 Å². The molecule has 0 aliphatic rings. The van der Waals surface area contributed by atoms with Crippen LogP contribution in [0.2, 0.25) is 0 Å². The molecule has 0 spiro atoms. The molecule has 2 N–H and O–H groups in total. The van der Waals surface area contributed by atoms with Crippen LogP contribution in [0.3, 0.4) is 0 Å². The van der Waals surface area contributed by atoms with Gasteiger partial charge in [-0.15, -0.1) is 0 Å². The van der Waals surface area contributed by atoms with Crippen LogP contribution in [-0.4, -0.2) is 9.55 Å². The fraction of sp³-hybridized carbons (Fsp3) is 0.182. The fourth-order valence-corrected chi connectivity index (χ4v) is 1.44. The lowest BCUT2D eigenvalue weighted by Gasteiger charge is -2.12. The third-order valence-electron chi connectivity index (χ3n) is 2.26. The summed E-state index contributed by atoms with van der Waals surface area (Å²) in [5, 5.41) is 0. The summed E-state index contributed by atoms with van der Waals surface area (Å²) in [4.78, 5) is 3.93. The second-order valence-corrected chi connectivity index (χ2v) is 3.42. The highest BCUT2D eigenvalue weighted by Crippen LogP contribution is 2.12. The predicted octanol–water partition coefficient (Wildman–Crippen LogP) is 1.72. The molecule has 2 aromatic rings. The highest BCUT2D eigenvalue weighted by atomic mass is 19.1. The van der Waals surface area contributed by atoms with Gasteiger partial charge in [0, 0.05) is 25.0 Å². The molecular formula is C11H12FN3. The molecule has 1 unspecified atom stereocenters. The van der Waals surface area contributed by atoms with Gasteiger partial charge in [0.15, 0.2) is 0 Å². The molecule has 0 saturated carbocycles. The highest BCUT2D eigenvalue weighted by Gasteiger charge is 2.06. The van der Waals surface area contributed by atoms with Crippen LogP contribution in [0, 0.1) is 5.82 Å². The first kappa shape index (κ1) is 9.86. The minimum atomic E-state index is -0.242. The van der Waals surface area contributed by atoms with Crippen molar-refractivity contribution in [3.63, 3.8) is 0 Å². The number of hydrogen-bond donors (Lipinski definition) is 1. The van der Waals surface area contributed by atoms with Gasteiger partial charge in [0.2, 0.25) is 0 Å². The molecule has 0 fully saturated rings. The predicted molar refractivity (Wildman–Crippen MR) is 55.6 cm³/mol. The van der Waals surface area contributed by atoms with Gasteiger partial charge < -0.3 is 10.3 Å². The van der Waals surface area contributed by atoms with E-state index in [2.05, 4.69) is 4.98 Å². The van der Waals surface area contributed by atoms with Gasteiger partial charge in [0.25, 0.3) is 0 Å². The molecule has 3 nitrogen and oxygen atoms in total. The van der Waals surface area contributed by atoms with Crippen LogP contribution in [0.15, 0.2) is 43.0 Å². The van der Waals surface area contributed by atoms with E-state index in [1.807, 2.05) is 10.8 Å². The van der Waals surface area contributed by atoms with E-state index in [9.17, 15) is 4.39 Å². The van der Waals surface area contributed by atoms with Gasteiger partial charge in [0.1, 0.15) is 5.82 Å². The standard InChI is InChI=1S/C11H12FN3/c12-10-3-1-9(2-4-10)11(13)7-15-6-5-14-8-15/h1-6,8,11H,7,13H2. The lowest BCUT2D eigenvalue weighted by Crippen LogP contribution is -2.16. The molecule has 1 aromatic heterocycles. The monoisotopic (exact) mass is 205 g/mol. The summed E-state index contributed by atoms with van der Waals surface area (Å²) in [5.74, 6) is -0.242. The normalized spacial score (nSPS) is 12.7. The summed E-state index contributed by atoms with van der Waals surface area (Å²) in [6.45, 7) is 0.644. The topological polar surface area (TPSA) is 43.8 Å². The number of nitrogens with two attached hydrogens (primary N) is 1. The molecule has 1 heterocycles. The van der Waals surface area contributed by atoms with E-state index in [1.54, 1.807) is 24.7 Å². The van der Waals surface area contributed by atoms with Crippen molar-refractivity contribution in [2.45, 2.75) is 12.6 Å². The second-order valence-electron chi connectivity index (χ2n) is 3.42. The van der Waals surface area contributed by atoms with Crippen molar-refractivity contribution in [2.24, 2.45) is 5.73 Å². The molecule has 78 valence electrons. The van der Waals surface area contributed by atoms with Gasteiger partial charge in [-0.1, -0.05) is 12.1 Å². The molecule has 1 aromatic carbocycles. The van der Waals surface area contributed by atoms with Crippen molar-refractivity contribution in [3.8, 4) is 0 Å². The Labute approximate surface area is 87.4 Å². The Hall–Kier alpha value is -1.68. The summed E-state index contributed by atoms with van der Waals surface area (Å²) >= 11 is 0. The van der Waals surface area contributed by atoms with Crippen LogP contribution in [0.1, 0.15) is 11.6 Å². The van der Waals surface area contributed by atoms with Crippen LogP contribution >= 0.6 is 0 Å². The molecule has 0 aliphatic heterocycles. The Balaban J connectivity index is 2.08. The summed E-state index contributed by atoms with van der Waals surface area (Å²) in [6, 6.07) is 6.11. The van der Waals surface area contributed by atoms with Gasteiger partial charge in [-0.25, -0.2) is 9.37 Å². The summed E-state index contributed by atoms with van der Waals surface area (Å²) in [5.41, 5.74) is 6.89. The Kier molecular flexibility index (Phi) is 2.78. The summed E-state index contributed by atoms with van der Waals surface area (Å²) in [6.07, 6.45) is 5.27. The van der Waals surface area contributed by atoms with Gasteiger partial charge in [0.05, 0.1) is 6.33 Å². The maximum absolute atomic E-state index is 12.7. The van der Waals surface area contributed by atoms with Crippen molar-refractivity contribution in [1.29, 1.82) is 0 Å². The summed E-state index contributed by atoms with van der Waals surface area (Å²) < 4.78 is 14.6. The Bertz CT molecular complexity index is 408. The molecule has 0 bridgehead atoms. The number of imidazole rings is 1. The van der Waals surface area contributed by atoms with E-state index in [1.165, 1.54) is 12.1 Å². The smallest absolute Gasteiger partial charge is 0.123 e. The molecular weight excluding hydrogens is 193 g/mol. The number of halogens is 1. The van der Waals surface area contributed by atoms with Crippen molar-refractivity contribution in [1.82, 2.24) is 9.55 Å². The molecule has 0 amide bonds. The zero-order chi connectivity index (χ0) is 10.7. The van der Waals surface area contributed by atoms with E-state index >= 15 is 0 Å². The number of hydrogen-bond acceptors (Lipinski definition) is 2. The van der Waals surface area contributed by atoms with Crippen LogP contribution < -0.4 is 5.73 Å². The van der Waals surface area contributed by atoms with Gasteiger partial charge in [-0.05, 0) is 17.7 Å². The van der Waals surface area contributed by atoms with Crippen molar-refractivity contribution in [3.05, 3.63) is 54.4 Å². The quantitative estimate of drug-likeness (QED) is 0.829. The van der Waals surface area contributed by atoms with Crippen molar-refractivity contribution < 1.29 is 4.39 Å². The Morgan fingerprint density at radius 3 is 2.67 bits per heavy atom. The van der Waals surface area contributed by atoms with Gasteiger partial charge in [-0.3, -0.25) is 0 Å². The average Bonchev–Trinajstić information content (AvgIpc) is 2.71. The Morgan fingerprint density at radius 1 is 1.33 bits per heavy atom. The molecule has 15 heavy (non-hydrogen) atoms. The third kappa shape index (κ3) is 2.41. The average molecular weight is 205 g/mol. The maximum atomic E-state index is 12.7. The van der Waals surface area contributed by atoms with Crippen molar-refractivity contribution in [2.75, 3.05) is 0 Å². The Morgan fingerprint density at radius 2 is 2.07 bits per heavy atom. The van der Waals surface area contributed by atoms with Crippen LogP contribution in [0.5, 0.6) is 0 Å². The molecule has 2 rings (SSSR count). The van der Waals surface area contributed by atoms with E-state index in [4.69, 9.17) is 5.73 Å². The van der Waals surface area contributed by atoms with Gasteiger partial charge >= 0.3 is 0 Å². The fourth-order valence-electron chi connectivity index (χ4n) is 1.44. The largest absolute Gasteiger partial charge is 0.336 e. The lowest BCUT2D eigenvalue weighted by molar-refractivity contribution is 0.573. The zero-order valence-corrected chi connectivity index (χ0v) is 8.18. The molecule has 1 atom stereocenters. The van der Waals surface area contributed by atoms with Crippen LogP contribution in [-0.2, 0) is 6.54 Å². The zero-order valence-electron chi connectivity index (χ0n) is 8.18. The molecule has 4 heteroatoms. The number of nitrogens with zero attached hydrogens (tertiary/aromatic N) is 2. The first-order chi connectivity index (χ1) is 7.25. The van der Waals surface area contributed by atoms with Crippen molar-refractivity contribution >= 4 is 0 Å². The van der Waals surface area contributed by atoms with Crippen LogP contribution in [0.25, 0.3) is 0 Å². The third-order valence-corrected chi connectivity index (χ3v) is 2.26. The number of benzene rings is 1. The first-order valence-corrected chi connectivity index (χ1v) is 4.72. The SMILES string of the molecule is NC(Cn1ccnc1)c1ccc(F)cc1. The van der Waals surface area contributed by atoms with Crippen LogP contribution in [0.4, 0.5) is 4.39 Å². The lowest BCUT2D eigenvalue weighted by atomic mass is 10.1. The van der Waals surface area contributed by atoms with E-state index in [-0.39, 0.29) is 11.9 Å². The highest BCUT2D eigenvalue weighted by molar-refractivity contribution is 5.19. The molecule has 0 radical (unpaired) electrons. The van der Waals surface area contributed by atoms with E-state index in [0.29, 0.717) is 6.54 Å². The minimum absolute atomic E-state index is 0.139. The van der Waals surface area contributed by atoms with E-state index < -0.39 is 0 Å². The molecule has 0 saturated heterocycles.